The molecule has 0 saturated heterocycles. The van der Waals surface area contributed by atoms with Crippen LogP contribution in [0.1, 0.15) is 38.5 Å². The zero-order chi connectivity index (χ0) is 17.8. The SMILES string of the molecule is CN(C(=O)C12CC3CC(CC(C3)C1)C2)c1ccc(OS(N)(=O)=O)cc1. The Morgan fingerprint density at radius 2 is 1.56 bits per heavy atom. The van der Waals surface area contributed by atoms with E-state index in [-0.39, 0.29) is 17.1 Å². The number of carbonyl (C=O) groups excluding carboxylic acids is 1. The first kappa shape index (κ1) is 16.8. The summed E-state index contributed by atoms with van der Waals surface area (Å²) in [5, 5.41) is 4.87. The normalized spacial score (nSPS) is 33.3. The monoisotopic (exact) mass is 364 g/mol. The number of nitrogens with zero attached hydrogens (tertiary/aromatic N) is 1. The van der Waals surface area contributed by atoms with Crippen LogP contribution in [0.25, 0.3) is 0 Å². The van der Waals surface area contributed by atoms with Gasteiger partial charge in [-0.25, -0.2) is 0 Å². The number of anilines is 1. The zero-order valence-corrected chi connectivity index (χ0v) is 15.2. The van der Waals surface area contributed by atoms with Crippen LogP contribution in [0.3, 0.4) is 0 Å². The van der Waals surface area contributed by atoms with E-state index in [0.29, 0.717) is 17.8 Å². The number of hydrogen-bond donors (Lipinski definition) is 1. The second-order valence-corrected chi connectivity index (χ2v) is 9.28. The molecule has 4 saturated carbocycles. The van der Waals surface area contributed by atoms with Crippen molar-refractivity contribution in [2.24, 2.45) is 28.3 Å². The first-order valence-corrected chi connectivity index (χ1v) is 10.3. The minimum atomic E-state index is -4.04. The molecule has 0 radical (unpaired) electrons. The third-order valence-corrected chi connectivity index (χ3v) is 6.66. The standard InChI is InChI=1S/C18H24N2O4S/c1-20(15-2-4-16(5-3-15)24-25(19,22)23)17(21)18-9-12-6-13(10-18)8-14(7-12)11-18/h2-5,12-14H,6-11H2,1H3,(H2,19,22,23). The molecule has 4 bridgehead atoms. The Labute approximate surface area is 148 Å². The third-order valence-electron chi connectivity index (χ3n) is 6.23. The Balaban J connectivity index is 1.53. The van der Waals surface area contributed by atoms with Crippen molar-refractivity contribution in [2.45, 2.75) is 38.5 Å². The maximum atomic E-state index is 13.3. The van der Waals surface area contributed by atoms with Crippen molar-refractivity contribution in [1.29, 1.82) is 0 Å². The Morgan fingerprint density at radius 3 is 2.00 bits per heavy atom. The summed E-state index contributed by atoms with van der Waals surface area (Å²) in [6.07, 6.45) is 6.97. The average molecular weight is 364 g/mol. The van der Waals surface area contributed by atoms with Gasteiger partial charge in [0.25, 0.3) is 0 Å². The molecule has 4 aliphatic carbocycles. The van der Waals surface area contributed by atoms with Crippen LogP contribution in [0, 0.1) is 23.2 Å². The fourth-order valence-electron chi connectivity index (χ4n) is 5.71. The van der Waals surface area contributed by atoms with E-state index in [9.17, 15) is 13.2 Å². The van der Waals surface area contributed by atoms with Gasteiger partial charge in [0.2, 0.25) is 5.91 Å². The van der Waals surface area contributed by atoms with Crippen LogP contribution in [-0.2, 0) is 15.1 Å². The number of benzene rings is 1. The number of hydrogen-bond acceptors (Lipinski definition) is 4. The molecule has 4 aliphatic rings. The molecule has 1 aromatic rings. The van der Waals surface area contributed by atoms with Gasteiger partial charge in [0, 0.05) is 12.7 Å². The van der Waals surface area contributed by atoms with E-state index >= 15 is 0 Å². The molecule has 1 amide bonds. The van der Waals surface area contributed by atoms with Crippen LogP contribution in [0.15, 0.2) is 24.3 Å². The molecule has 5 rings (SSSR count). The molecule has 136 valence electrons. The van der Waals surface area contributed by atoms with Gasteiger partial charge in [-0.15, -0.1) is 0 Å². The van der Waals surface area contributed by atoms with Crippen LogP contribution in [-0.4, -0.2) is 21.4 Å². The van der Waals surface area contributed by atoms with Crippen molar-refractivity contribution in [3.05, 3.63) is 24.3 Å². The third kappa shape index (κ3) is 3.15. The van der Waals surface area contributed by atoms with Crippen LogP contribution in [0.4, 0.5) is 5.69 Å². The maximum absolute atomic E-state index is 13.3. The quantitative estimate of drug-likeness (QED) is 0.888. The van der Waals surface area contributed by atoms with Gasteiger partial charge in [-0.05, 0) is 80.5 Å². The molecule has 0 atom stereocenters. The van der Waals surface area contributed by atoms with Crippen molar-refractivity contribution >= 4 is 21.9 Å². The maximum Gasteiger partial charge on any atom is 0.380 e. The first-order valence-electron chi connectivity index (χ1n) is 8.84. The number of rotatable bonds is 4. The van der Waals surface area contributed by atoms with E-state index in [1.165, 1.54) is 31.4 Å². The second-order valence-electron chi connectivity index (χ2n) is 8.13. The molecule has 2 N–H and O–H groups in total. The van der Waals surface area contributed by atoms with Gasteiger partial charge in [-0.1, -0.05) is 0 Å². The van der Waals surface area contributed by atoms with Crippen molar-refractivity contribution in [2.75, 3.05) is 11.9 Å². The highest BCUT2D eigenvalue weighted by atomic mass is 32.2. The Bertz CT molecular complexity index is 753. The lowest BCUT2D eigenvalue weighted by atomic mass is 9.49. The summed E-state index contributed by atoms with van der Waals surface area (Å²) in [6, 6.07) is 6.42. The average Bonchev–Trinajstić information content (AvgIpc) is 2.51. The zero-order valence-electron chi connectivity index (χ0n) is 14.3. The second kappa shape index (κ2) is 5.71. The molecule has 0 aromatic heterocycles. The Morgan fingerprint density at radius 1 is 1.08 bits per heavy atom. The van der Waals surface area contributed by atoms with Gasteiger partial charge in [0.05, 0.1) is 5.41 Å². The van der Waals surface area contributed by atoms with Gasteiger partial charge in [-0.3, -0.25) is 4.79 Å². The van der Waals surface area contributed by atoms with Crippen LogP contribution < -0.4 is 14.2 Å². The number of amides is 1. The molecular formula is C18H24N2O4S. The van der Waals surface area contributed by atoms with Crippen molar-refractivity contribution in [3.63, 3.8) is 0 Å². The molecule has 1 aromatic carbocycles. The largest absolute Gasteiger partial charge is 0.380 e. The predicted octanol–water partition coefficient (Wildman–Crippen LogP) is 2.45. The van der Waals surface area contributed by atoms with E-state index in [0.717, 1.165) is 24.9 Å². The lowest BCUT2D eigenvalue weighted by Gasteiger charge is -2.56. The Kier molecular flexibility index (Phi) is 3.85. The summed E-state index contributed by atoms with van der Waals surface area (Å²) < 4.78 is 26.6. The molecule has 6 nitrogen and oxygen atoms in total. The van der Waals surface area contributed by atoms with Gasteiger partial charge in [0.1, 0.15) is 5.75 Å². The summed E-state index contributed by atoms with van der Waals surface area (Å²) in [7, 11) is -2.24. The van der Waals surface area contributed by atoms with E-state index in [1.807, 2.05) is 0 Å². The highest BCUT2D eigenvalue weighted by Crippen LogP contribution is 2.60. The summed E-state index contributed by atoms with van der Waals surface area (Å²) in [4.78, 5) is 15.0. The van der Waals surface area contributed by atoms with Crippen LogP contribution >= 0.6 is 0 Å². The van der Waals surface area contributed by atoms with E-state index in [2.05, 4.69) is 4.18 Å². The lowest BCUT2D eigenvalue weighted by Crippen LogP contribution is -2.54. The molecule has 0 spiro atoms. The van der Waals surface area contributed by atoms with E-state index in [1.54, 1.807) is 24.1 Å². The van der Waals surface area contributed by atoms with Crippen LogP contribution in [0.2, 0.25) is 0 Å². The molecular weight excluding hydrogens is 340 g/mol. The molecule has 0 unspecified atom stereocenters. The summed E-state index contributed by atoms with van der Waals surface area (Å²) in [5.41, 5.74) is 0.543. The van der Waals surface area contributed by atoms with Crippen molar-refractivity contribution in [1.82, 2.24) is 0 Å². The minimum absolute atomic E-state index is 0.141. The molecule has 4 fully saturated rings. The minimum Gasteiger partial charge on any atom is -0.371 e. The summed E-state index contributed by atoms with van der Waals surface area (Å²) >= 11 is 0. The number of carbonyl (C=O) groups is 1. The van der Waals surface area contributed by atoms with Gasteiger partial charge in [-0.2, -0.15) is 13.6 Å². The summed E-state index contributed by atoms with van der Waals surface area (Å²) in [6.45, 7) is 0. The fraction of sp³-hybridized carbons (Fsp3) is 0.611. The van der Waals surface area contributed by atoms with Crippen LogP contribution in [0.5, 0.6) is 5.75 Å². The Hall–Kier alpha value is -1.60. The topological polar surface area (TPSA) is 89.7 Å². The first-order chi connectivity index (χ1) is 11.7. The van der Waals surface area contributed by atoms with Gasteiger partial charge < -0.3 is 9.08 Å². The number of nitrogens with two attached hydrogens (primary N) is 1. The fourth-order valence-corrected chi connectivity index (χ4v) is 6.08. The van der Waals surface area contributed by atoms with Gasteiger partial charge in [0.15, 0.2) is 0 Å². The van der Waals surface area contributed by atoms with Gasteiger partial charge >= 0.3 is 10.3 Å². The van der Waals surface area contributed by atoms with Crippen molar-refractivity contribution < 1.29 is 17.4 Å². The summed E-state index contributed by atoms with van der Waals surface area (Å²) in [5.74, 6) is 2.49. The van der Waals surface area contributed by atoms with E-state index in [4.69, 9.17) is 5.14 Å². The predicted molar refractivity (Wildman–Crippen MR) is 94.2 cm³/mol. The molecule has 25 heavy (non-hydrogen) atoms. The molecule has 0 aliphatic heterocycles. The lowest BCUT2D eigenvalue weighted by molar-refractivity contribution is -0.143. The molecule has 0 heterocycles. The van der Waals surface area contributed by atoms with E-state index < -0.39 is 10.3 Å². The van der Waals surface area contributed by atoms with Crippen molar-refractivity contribution in [3.8, 4) is 5.75 Å². The smallest absolute Gasteiger partial charge is 0.371 e. The highest BCUT2D eigenvalue weighted by Gasteiger charge is 2.55. The highest BCUT2D eigenvalue weighted by molar-refractivity contribution is 7.84. The molecule has 7 heteroatoms.